The molecule has 2 fully saturated rings. The van der Waals surface area contributed by atoms with E-state index in [0.29, 0.717) is 31.8 Å². The first-order valence-corrected chi connectivity index (χ1v) is 10.6. The minimum atomic E-state index is -4.62. The van der Waals surface area contributed by atoms with Crippen LogP contribution >= 0.6 is 0 Å². The van der Waals surface area contributed by atoms with Gasteiger partial charge in [-0.05, 0) is 42.4 Å². The number of halogens is 3. The average Bonchev–Trinajstić information content (AvgIpc) is 2.71. The van der Waals surface area contributed by atoms with Gasteiger partial charge in [-0.2, -0.15) is 13.2 Å². The van der Waals surface area contributed by atoms with Gasteiger partial charge in [0, 0.05) is 32.7 Å². The van der Waals surface area contributed by atoms with E-state index >= 15 is 0 Å². The highest BCUT2D eigenvalue weighted by molar-refractivity contribution is 5.91. The molecule has 1 spiro atoms. The molecule has 0 N–H and O–H groups in total. The molecule has 0 bridgehead atoms. The number of alkyl halides is 3. The van der Waals surface area contributed by atoms with Crippen molar-refractivity contribution in [3.05, 3.63) is 34.9 Å². The van der Waals surface area contributed by atoms with Crippen LogP contribution < -0.4 is 0 Å². The fraction of sp³-hybridized carbons (Fsp3) is 0.636. The van der Waals surface area contributed by atoms with Crippen molar-refractivity contribution in [2.24, 2.45) is 5.41 Å². The van der Waals surface area contributed by atoms with Crippen LogP contribution in [0.3, 0.4) is 0 Å². The van der Waals surface area contributed by atoms with E-state index in [-0.39, 0.29) is 11.5 Å². The summed E-state index contributed by atoms with van der Waals surface area (Å²) in [7, 11) is 1.07. The molecule has 1 aromatic rings. The van der Waals surface area contributed by atoms with Crippen molar-refractivity contribution in [1.29, 1.82) is 0 Å². The summed E-state index contributed by atoms with van der Waals surface area (Å²) in [6.07, 6.45) is -1.26. The molecule has 172 valence electrons. The maximum absolute atomic E-state index is 13.2. The van der Waals surface area contributed by atoms with E-state index in [1.54, 1.807) is 4.90 Å². The van der Waals surface area contributed by atoms with Gasteiger partial charge in [-0.3, -0.25) is 4.90 Å². The maximum Gasteiger partial charge on any atom is 0.417 e. The fourth-order valence-electron chi connectivity index (χ4n) is 4.36. The number of ether oxygens (including phenoxy) is 2. The third kappa shape index (κ3) is 5.50. The van der Waals surface area contributed by atoms with Crippen molar-refractivity contribution in [2.45, 2.75) is 45.3 Å². The van der Waals surface area contributed by atoms with E-state index in [1.807, 2.05) is 6.92 Å². The maximum atomic E-state index is 13.2. The van der Waals surface area contributed by atoms with Crippen LogP contribution in [0.25, 0.3) is 0 Å². The lowest BCUT2D eigenvalue weighted by Gasteiger charge is -2.54. The molecular formula is C22H29F3N2O4. The van der Waals surface area contributed by atoms with Crippen LogP contribution in [0.15, 0.2) is 18.2 Å². The van der Waals surface area contributed by atoms with Crippen molar-refractivity contribution in [3.63, 3.8) is 0 Å². The van der Waals surface area contributed by atoms with Crippen LogP contribution in [0, 0.1) is 5.41 Å². The van der Waals surface area contributed by atoms with Crippen LogP contribution in [0.5, 0.6) is 0 Å². The number of hydrogen-bond acceptors (Lipinski definition) is 5. The number of likely N-dealkylation sites (tertiary alicyclic amines) is 2. The lowest BCUT2D eigenvalue weighted by Crippen LogP contribution is -2.60. The summed E-state index contributed by atoms with van der Waals surface area (Å²) >= 11 is 0. The van der Waals surface area contributed by atoms with Gasteiger partial charge in [0.05, 0.1) is 24.8 Å². The van der Waals surface area contributed by atoms with Crippen LogP contribution in [0.2, 0.25) is 0 Å². The van der Waals surface area contributed by atoms with Gasteiger partial charge in [0.2, 0.25) is 0 Å². The minimum Gasteiger partial charge on any atom is -0.465 e. The monoisotopic (exact) mass is 442 g/mol. The van der Waals surface area contributed by atoms with Gasteiger partial charge in [-0.15, -0.1) is 0 Å². The van der Waals surface area contributed by atoms with Crippen LogP contribution in [-0.2, 0) is 22.2 Å². The largest absolute Gasteiger partial charge is 0.465 e. The molecule has 0 aliphatic carbocycles. The standard InChI is InChI=1S/C22H29F3N2O4/c1-3-4-11-31-20(29)27-9-7-21(8-10-27)14-26(15-21)13-16-5-6-18(22(23,24)25)17(12-16)19(28)30-2/h5-6,12H,3-4,7-11,13-15H2,1-2H3. The SMILES string of the molecule is CCCCOC(=O)N1CCC2(CC1)CN(Cc1ccc(C(F)(F)F)c(C(=O)OC)c1)C2. The summed E-state index contributed by atoms with van der Waals surface area (Å²) in [5.74, 6) is -0.993. The lowest BCUT2D eigenvalue weighted by molar-refractivity contribution is -0.138. The van der Waals surface area contributed by atoms with Crippen molar-refractivity contribution in [2.75, 3.05) is 39.9 Å². The number of amides is 1. The van der Waals surface area contributed by atoms with E-state index in [0.717, 1.165) is 51.9 Å². The molecule has 3 rings (SSSR count). The van der Waals surface area contributed by atoms with Gasteiger partial charge in [-0.25, -0.2) is 9.59 Å². The highest BCUT2D eigenvalue weighted by Gasteiger charge is 2.45. The Balaban J connectivity index is 1.53. The summed E-state index contributed by atoms with van der Waals surface area (Å²) in [6, 6.07) is 3.63. The zero-order valence-electron chi connectivity index (χ0n) is 18.0. The second kappa shape index (κ2) is 9.46. The summed E-state index contributed by atoms with van der Waals surface area (Å²) in [4.78, 5) is 27.8. The Morgan fingerprint density at radius 2 is 1.84 bits per heavy atom. The minimum absolute atomic E-state index is 0.136. The molecule has 0 aromatic heterocycles. The summed E-state index contributed by atoms with van der Waals surface area (Å²) in [5.41, 5.74) is -0.670. The number of hydrogen-bond donors (Lipinski definition) is 0. The highest BCUT2D eigenvalue weighted by Crippen LogP contribution is 2.41. The first-order valence-electron chi connectivity index (χ1n) is 10.6. The lowest BCUT2D eigenvalue weighted by atomic mass is 9.72. The smallest absolute Gasteiger partial charge is 0.417 e. The molecule has 2 aliphatic heterocycles. The highest BCUT2D eigenvalue weighted by atomic mass is 19.4. The molecule has 0 unspecified atom stereocenters. The average molecular weight is 442 g/mol. The van der Waals surface area contributed by atoms with Gasteiger partial charge in [0.15, 0.2) is 0 Å². The fourth-order valence-corrected chi connectivity index (χ4v) is 4.36. The Morgan fingerprint density at radius 3 is 2.42 bits per heavy atom. The molecule has 0 radical (unpaired) electrons. The van der Waals surface area contributed by atoms with Gasteiger partial charge in [0.1, 0.15) is 0 Å². The van der Waals surface area contributed by atoms with Crippen molar-refractivity contribution >= 4 is 12.1 Å². The second-order valence-corrected chi connectivity index (χ2v) is 8.47. The molecular weight excluding hydrogens is 413 g/mol. The Hall–Kier alpha value is -2.29. The van der Waals surface area contributed by atoms with Crippen molar-refractivity contribution < 1.29 is 32.2 Å². The number of rotatable bonds is 6. The van der Waals surface area contributed by atoms with Crippen LogP contribution in [0.1, 0.15) is 54.1 Å². The van der Waals surface area contributed by atoms with Gasteiger partial charge in [0.25, 0.3) is 0 Å². The van der Waals surface area contributed by atoms with E-state index in [1.165, 1.54) is 12.1 Å². The number of piperidine rings is 1. The second-order valence-electron chi connectivity index (χ2n) is 8.47. The predicted octanol–water partition coefficient (Wildman–Crippen LogP) is 4.33. The molecule has 1 aromatic carbocycles. The number of carbonyl (C=O) groups is 2. The predicted molar refractivity (Wildman–Crippen MR) is 108 cm³/mol. The summed E-state index contributed by atoms with van der Waals surface area (Å²) in [6.45, 7) is 5.91. The normalized spacial score (nSPS) is 18.5. The van der Waals surface area contributed by atoms with E-state index in [4.69, 9.17) is 4.74 Å². The molecule has 31 heavy (non-hydrogen) atoms. The Morgan fingerprint density at radius 1 is 1.16 bits per heavy atom. The zero-order chi connectivity index (χ0) is 22.6. The molecule has 2 aliphatic rings. The number of unbranched alkanes of at least 4 members (excludes halogenated alkanes) is 1. The van der Waals surface area contributed by atoms with E-state index in [2.05, 4.69) is 9.64 Å². The third-order valence-electron chi connectivity index (χ3n) is 6.12. The van der Waals surface area contributed by atoms with Crippen molar-refractivity contribution in [3.8, 4) is 0 Å². The number of methoxy groups -OCH3 is 1. The third-order valence-corrected chi connectivity index (χ3v) is 6.12. The zero-order valence-corrected chi connectivity index (χ0v) is 18.0. The molecule has 2 saturated heterocycles. The number of carbonyl (C=O) groups excluding carboxylic acids is 2. The molecule has 6 nitrogen and oxygen atoms in total. The van der Waals surface area contributed by atoms with Gasteiger partial charge in [-0.1, -0.05) is 19.4 Å². The topological polar surface area (TPSA) is 59.1 Å². The van der Waals surface area contributed by atoms with Gasteiger partial charge < -0.3 is 14.4 Å². The first kappa shape index (κ1) is 23.4. The number of benzene rings is 1. The Labute approximate surface area is 180 Å². The first-order chi connectivity index (χ1) is 14.7. The molecule has 1 amide bonds. The van der Waals surface area contributed by atoms with Crippen molar-refractivity contribution in [1.82, 2.24) is 9.80 Å². The molecule has 0 saturated carbocycles. The Kier molecular flexibility index (Phi) is 7.13. The van der Waals surface area contributed by atoms with Crippen LogP contribution in [-0.4, -0.2) is 61.8 Å². The summed E-state index contributed by atoms with van der Waals surface area (Å²) in [5, 5.41) is 0. The number of nitrogens with zero attached hydrogens (tertiary/aromatic N) is 2. The quantitative estimate of drug-likeness (QED) is 0.485. The van der Waals surface area contributed by atoms with Gasteiger partial charge >= 0.3 is 18.2 Å². The number of esters is 1. The summed E-state index contributed by atoms with van der Waals surface area (Å²) < 4.78 is 49.3. The molecule has 0 atom stereocenters. The molecule has 2 heterocycles. The van der Waals surface area contributed by atoms with Crippen LogP contribution in [0.4, 0.5) is 18.0 Å². The van der Waals surface area contributed by atoms with E-state index < -0.39 is 23.3 Å². The van der Waals surface area contributed by atoms with E-state index in [9.17, 15) is 22.8 Å². The molecule has 9 heteroatoms. The Bertz CT molecular complexity index is 796.